The Bertz CT molecular complexity index is 1220. The molecule has 29 heavy (non-hydrogen) atoms. The van der Waals surface area contributed by atoms with Crippen LogP contribution in [0.5, 0.6) is 0 Å². The number of hydrogen-bond acceptors (Lipinski definition) is 4. The van der Waals surface area contributed by atoms with Crippen LogP contribution in [0.3, 0.4) is 0 Å². The lowest BCUT2D eigenvalue weighted by atomic mass is 10.1. The Hall–Kier alpha value is -3.67. The number of nitro benzene ring substituents is 1. The van der Waals surface area contributed by atoms with Crippen molar-refractivity contribution in [1.29, 1.82) is 0 Å². The Morgan fingerprint density at radius 1 is 0.966 bits per heavy atom. The number of nitrogens with one attached hydrogen (secondary N) is 1. The van der Waals surface area contributed by atoms with E-state index in [0.29, 0.717) is 0 Å². The number of hydrogen-bond donors (Lipinski definition) is 1. The van der Waals surface area contributed by atoms with Crippen LogP contribution in [0.15, 0.2) is 54.6 Å². The van der Waals surface area contributed by atoms with Crippen LogP contribution in [0, 0.1) is 37.8 Å². The fourth-order valence-electron chi connectivity index (χ4n) is 3.72. The summed E-state index contributed by atoms with van der Waals surface area (Å²) in [4.78, 5) is 15.5. The van der Waals surface area contributed by atoms with Crippen molar-refractivity contribution in [2.24, 2.45) is 0 Å². The molecule has 0 aliphatic rings. The lowest BCUT2D eigenvalue weighted by Crippen LogP contribution is -2.02. The molecule has 0 radical (unpaired) electrons. The summed E-state index contributed by atoms with van der Waals surface area (Å²) in [5, 5.41) is 14.6. The van der Waals surface area contributed by atoms with Gasteiger partial charge < -0.3 is 5.32 Å². The van der Waals surface area contributed by atoms with Gasteiger partial charge in [0.15, 0.2) is 0 Å². The standard InChI is InChI=1S/C23H22N4O2/c1-14-12-17(4)26-20(13-14)24-22(18-8-10-19(11-9-18)27(28)29)23(26)25-21-15(2)6-5-7-16(21)3/h5-13,25H,1-4H3. The molecule has 6 heteroatoms. The maximum Gasteiger partial charge on any atom is 0.269 e. The Labute approximate surface area is 169 Å². The zero-order valence-corrected chi connectivity index (χ0v) is 16.9. The Morgan fingerprint density at radius 2 is 1.62 bits per heavy atom. The number of benzene rings is 2. The van der Waals surface area contributed by atoms with Crippen molar-refractivity contribution in [3.63, 3.8) is 0 Å². The van der Waals surface area contributed by atoms with Gasteiger partial charge in [-0.25, -0.2) is 4.98 Å². The van der Waals surface area contributed by atoms with Gasteiger partial charge in [0.05, 0.1) is 4.92 Å². The molecule has 1 N–H and O–H groups in total. The van der Waals surface area contributed by atoms with E-state index in [1.807, 2.05) is 19.1 Å². The molecule has 4 rings (SSSR count). The molecule has 6 nitrogen and oxygen atoms in total. The minimum Gasteiger partial charge on any atom is -0.339 e. The highest BCUT2D eigenvalue weighted by atomic mass is 16.6. The topological polar surface area (TPSA) is 72.5 Å². The van der Waals surface area contributed by atoms with Crippen LogP contribution in [0.25, 0.3) is 16.9 Å². The van der Waals surface area contributed by atoms with Crippen molar-refractivity contribution >= 4 is 22.8 Å². The van der Waals surface area contributed by atoms with E-state index in [1.165, 1.54) is 12.1 Å². The minimum absolute atomic E-state index is 0.0637. The quantitative estimate of drug-likeness (QED) is 0.351. The van der Waals surface area contributed by atoms with Gasteiger partial charge in [-0.3, -0.25) is 14.5 Å². The van der Waals surface area contributed by atoms with Gasteiger partial charge in [0.2, 0.25) is 0 Å². The van der Waals surface area contributed by atoms with E-state index >= 15 is 0 Å². The Morgan fingerprint density at radius 3 is 2.24 bits per heavy atom. The number of fused-ring (bicyclic) bond motifs is 1. The SMILES string of the molecule is Cc1cc(C)n2c(Nc3c(C)cccc3C)c(-c3ccc([N+](=O)[O-])cc3)nc2c1. The molecular formula is C23H22N4O2. The molecule has 0 saturated heterocycles. The molecule has 0 aliphatic carbocycles. The average Bonchev–Trinajstić information content (AvgIpc) is 3.03. The number of aromatic nitrogens is 2. The summed E-state index contributed by atoms with van der Waals surface area (Å²) in [6.45, 7) is 8.24. The van der Waals surface area contributed by atoms with E-state index in [1.54, 1.807) is 12.1 Å². The number of nitro groups is 1. The molecule has 0 spiro atoms. The van der Waals surface area contributed by atoms with Crippen LogP contribution in [-0.4, -0.2) is 14.3 Å². The molecule has 0 saturated carbocycles. The van der Waals surface area contributed by atoms with Gasteiger partial charge in [0.1, 0.15) is 17.2 Å². The number of rotatable bonds is 4. The molecule has 0 bridgehead atoms. The van der Waals surface area contributed by atoms with Crippen molar-refractivity contribution < 1.29 is 4.92 Å². The highest BCUT2D eigenvalue weighted by molar-refractivity contribution is 5.81. The van der Waals surface area contributed by atoms with Gasteiger partial charge in [-0.2, -0.15) is 0 Å². The summed E-state index contributed by atoms with van der Waals surface area (Å²) >= 11 is 0. The summed E-state index contributed by atoms with van der Waals surface area (Å²) in [6.07, 6.45) is 0. The van der Waals surface area contributed by atoms with Crippen molar-refractivity contribution in [1.82, 2.24) is 9.38 Å². The van der Waals surface area contributed by atoms with Crippen molar-refractivity contribution in [3.05, 3.63) is 87.1 Å². The Balaban J connectivity index is 1.95. The van der Waals surface area contributed by atoms with Gasteiger partial charge in [-0.05, 0) is 68.7 Å². The number of pyridine rings is 1. The lowest BCUT2D eigenvalue weighted by molar-refractivity contribution is -0.384. The number of imidazole rings is 1. The van der Waals surface area contributed by atoms with Gasteiger partial charge in [0, 0.05) is 29.1 Å². The zero-order chi connectivity index (χ0) is 20.7. The molecule has 0 atom stereocenters. The maximum absolute atomic E-state index is 11.0. The van der Waals surface area contributed by atoms with E-state index in [9.17, 15) is 10.1 Å². The normalized spacial score (nSPS) is 11.0. The molecule has 4 aromatic rings. The van der Waals surface area contributed by atoms with Gasteiger partial charge in [-0.1, -0.05) is 18.2 Å². The van der Waals surface area contributed by atoms with E-state index < -0.39 is 4.92 Å². The van der Waals surface area contributed by atoms with Crippen LogP contribution < -0.4 is 5.32 Å². The van der Waals surface area contributed by atoms with Gasteiger partial charge in [-0.15, -0.1) is 0 Å². The molecule has 0 fully saturated rings. The molecule has 146 valence electrons. The highest BCUT2D eigenvalue weighted by Gasteiger charge is 2.18. The number of para-hydroxylation sites is 1. The minimum atomic E-state index is -0.392. The summed E-state index contributed by atoms with van der Waals surface area (Å²) in [5.41, 5.74) is 8.00. The molecule has 0 aliphatic heterocycles. The van der Waals surface area contributed by atoms with Crippen LogP contribution in [0.1, 0.15) is 22.4 Å². The second-order valence-electron chi connectivity index (χ2n) is 7.37. The van der Waals surface area contributed by atoms with Crippen LogP contribution in [0.2, 0.25) is 0 Å². The maximum atomic E-state index is 11.0. The third-order valence-electron chi connectivity index (χ3n) is 5.13. The van der Waals surface area contributed by atoms with Gasteiger partial charge >= 0.3 is 0 Å². The highest BCUT2D eigenvalue weighted by Crippen LogP contribution is 2.35. The van der Waals surface area contributed by atoms with Gasteiger partial charge in [0.25, 0.3) is 5.69 Å². The summed E-state index contributed by atoms with van der Waals surface area (Å²) in [7, 11) is 0. The second kappa shape index (κ2) is 7.05. The predicted molar refractivity (Wildman–Crippen MR) is 116 cm³/mol. The molecule has 0 unspecified atom stereocenters. The zero-order valence-electron chi connectivity index (χ0n) is 16.9. The first-order valence-corrected chi connectivity index (χ1v) is 9.43. The molecular weight excluding hydrogens is 364 g/mol. The van der Waals surface area contributed by atoms with Crippen molar-refractivity contribution in [2.45, 2.75) is 27.7 Å². The van der Waals surface area contributed by atoms with E-state index in [4.69, 9.17) is 4.98 Å². The molecule has 2 aromatic carbocycles. The van der Waals surface area contributed by atoms with Crippen LogP contribution in [0.4, 0.5) is 17.2 Å². The number of anilines is 2. The van der Waals surface area contributed by atoms with Crippen molar-refractivity contribution in [2.75, 3.05) is 5.32 Å². The van der Waals surface area contributed by atoms with E-state index in [2.05, 4.69) is 48.7 Å². The molecule has 0 amide bonds. The fraction of sp³-hybridized carbons (Fsp3) is 0.174. The number of aryl methyl sites for hydroxylation is 4. The molecule has 2 heterocycles. The summed E-state index contributed by atoms with van der Waals surface area (Å²) < 4.78 is 2.09. The first-order chi connectivity index (χ1) is 13.8. The third kappa shape index (κ3) is 3.33. The van der Waals surface area contributed by atoms with Crippen LogP contribution in [-0.2, 0) is 0 Å². The lowest BCUT2D eigenvalue weighted by Gasteiger charge is -2.15. The van der Waals surface area contributed by atoms with Crippen LogP contribution >= 0.6 is 0 Å². The predicted octanol–water partition coefficient (Wildman–Crippen LogP) is 5.89. The van der Waals surface area contributed by atoms with E-state index in [0.717, 1.165) is 50.8 Å². The smallest absolute Gasteiger partial charge is 0.269 e. The first-order valence-electron chi connectivity index (χ1n) is 9.43. The Kier molecular flexibility index (Phi) is 4.54. The average molecular weight is 386 g/mol. The third-order valence-corrected chi connectivity index (χ3v) is 5.13. The van der Waals surface area contributed by atoms with Crippen molar-refractivity contribution in [3.8, 4) is 11.3 Å². The summed E-state index contributed by atoms with van der Waals surface area (Å²) in [5.74, 6) is 0.851. The second-order valence-corrected chi connectivity index (χ2v) is 7.37. The number of non-ortho nitro benzene ring substituents is 1. The summed E-state index contributed by atoms with van der Waals surface area (Å²) in [6, 6.07) is 16.9. The first kappa shape index (κ1) is 18.7. The monoisotopic (exact) mass is 386 g/mol. The largest absolute Gasteiger partial charge is 0.339 e. The fourth-order valence-corrected chi connectivity index (χ4v) is 3.72. The molecule has 2 aromatic heterocycles. The number of nitrogens with zero attached hydrogens (tertiary/aromatic N) is 3. The van der Waals surface area contributed by atoms with E-state index in [-0.39, 0.29) is 5.69 Å².